The molecule has 0 atom stereocenters. The van der Waals surface area contributed by atoms with Crippen molar-refractivity contribution in [1.82, 2.24) is 0 Å². The number of sulfonamides is 1. The van der Waals surface area contributed by atoms with Gasteiger partial charge in [-0.05, 0) is 66.9 Å². The van der Waals surface area contributed by atoms with E-state index in [2.05, 4.69) is 5.32 Å². The normalized spacial score (nSPS) is 13.9. The number of halogens is 2. The van der Waals surface area contributed by atoms with Gasteiger partial charge >= 0.3 is 0 Å². The standard InChI is InChI=1S/C23H20Cl2N2O5S2/c1-33(29,30)17-9-11-18(12-10-17)34(31,32)27-13-3-4-15-7-8-16(14-21(15)27)26-23(28)22-19(24)5-2-6-20(22)25/h2,5-12,14H,3-4,13H2,1H3,(H,26,28). The maximum Gasteiger partial charge on any atom is 0.264 e. The molecule has 0 spiro atoms. The van der Waals surface area contributed by atoms with Gasteiger partial charge in [-0.3, -0.25) is 9.10 Å². The Morgan fingerprint density at radius 3 is 2.15 bits per heavy atom. The summed E-state index contributed by atoms with van der Waals surface area (Å²) in [6.45, 7) is 0.247. The summed E-state index contributed by atoms with van der Waals surface area (Å²) in [6, 6.07) is 14.9. The number of anilines is 2. The fourth-order valence-corrected chi connectivity index (χ4v) is 6.50. The van der Waals surface area contributed by atoms with Gasteiger partial charge < -0.3 is 5.32 Å². The number of carbonyl (C=O) groups is 1. The van der Waals surface area contributed by atoms with Gasteiger partial charge in [0.1, 0.15) is 0 Å². The molecule has 1 aliphatic heterocycles. The summed E-state index contributed by atoms with van der Waals surface area (Å²) >= 11 is 12.3. The Balaban J connectivity index is 1.67. The third kappa shape index (κ3) is 4.79. The van der Waals surface area contributed by atoms with Gasteiger partial charge in [0.25, 0.3) is 15.9 Å². The number of fused-ring (bicyclic) bond motifs is 1. The molecule has 0 aliphatic carbocycles. The minimum Gasteiger partial charge on any atom is -0.322 e. The molecule has 0 saturated heterocycles. The number of carbonyl (C=O) groups excluding carboxylic acids is 1. The van der Waals surface area contributed by atoms with Crippen LogP contribution in [0.25, 0.3) is 0 Å². The maximum atomic E-state index is 13.4. The van der Waals surface area contributed by atoms with Crippen LogP contribution in [0.4, 0.5) is 11.4 Å². The lowest BCUT2D eigenvalue weighted by molar-refractivity contribution is 0.102. The van der Waals surface area contributed by atoms with Gasteiger partial charge in [0.2, 0.25) is 0 Å². The quantitative estimate of drug-likeness (QED) is 0.503. The van der Waals surface area contributed by atoms with Gasteiger partial charge in [0, 0.05) is 18.5 Å². The molecule has 1 N–H and O–H groups in total. The van der Waals surface area contributed by atoms with E-state index in [9.17, 15) is 21.6 Å². The summed E-state index contributed by atoms with van der Waals surface area (Å²) in [7, 11) is -7.42. The van der Waals surface area contributed by atoms with Gasteiger partial charge in [-0.25, -0.2) is 16.8 Å². The van der Waals surface area contributed by atoms with Gasteiger partial charge in [0.05, 0.1) is 31.1 Å². The van der Waals surface area contributed by atoms with Crippen LogP contribution >= 0.6 is 23.2 Å². The van der Waals surface area contributed by atoms with E-state index in [1.54, 1.807) is 36.4 Å². The van der Waals surface area contributed by atoms with Crippen LogP contribution in [0.2, 0.25) is 10.0 Å². The van der Waals surface area contributed by atoms with Gasteiger partial charge in [-0.2, -0.15) is 0 Å². The van der Waals surface area contributed by atoms with E-state index in [1.165, 1.54) is 28.6 Å². The first-order valence-corrected chi connectivity index (χ1v) is 14.3. The van der Waals surface area contributed by atoms with E-state index >= 15 is 0 Å². The fourth-order valence-electron chi connectivity index (χ4n) is 3.76. The predicted octanol–water partition coefficient (Wildman–Crippen LogP) is 4.79. The molecule has 0 fully saturated rings. The summed E-state index contributed by atoms with van der Waals surface area (Å²) in [6.07, 6.45) is 2.36. The van der Waals surface area contributed by atoms with Crippen molar-refractivity contribution in [3.05, 3.63) is 81.8 Å². The van der Waals surface area contributed by atoms with Crippen molar-refractivity contribution in [2.45, 2.75) is 22.6 Å². The number of benzene rings is 3. The second-order valence-corrected chi connectivity index (χ2v) is 12.5. The second-order valence-electron chi connectivity index (χ2n) is 7.82. The zero-order valence-corrected chi connectivity index (χ0v) is 21.1. The molecule has 1 amide bonds. The second kappa shape index (κ2) is 9.22. The van der Waals surface area contributed by atoms with Crippen LogP contribution in [0.3, 0.4) is 0 Å². The van der Waals surface area contributed by atoms with Crippen molar-refractivity contribution >= 4 is 60.3 Å². The van der Waals surface area contributed by atoms with Crippen LogP contribution in [0.15, 0.2) is 70.5 Å². The maximum absolute atomic E-state index is 13.4. The lowest BCUT2D eigenvalue weighted by Crippen LogP contribution is -2.35. The average Bonchev–Trinajstić information content (AvgIpc) is 2.78. The third-order valence-corrected chi connectivity index (χ3v) is 9.03. The van der Waals surface area contributed by atoms with E-state index < -0.39 is 25.8 Å². The summed E-state index contributed by atoms with van der Waals surface area (Å²) in [4.78, 5) is 12.8. The summed E-state index contributed by atoms with van der Waals surface area (Å²) in [5.41, 5.74) is 1.77. The highest BCUT2D eigenvalue weighted by atomic mass is 35.5. The molecule has 0 saturated carbocycles. The van der Waals surface area contributed by atoms with Crippen molar-refractivity contribution in [2.75, 3.05) is 22.4 Å². The Labute approximate surface area is 208 Å². The monoisotopic (exact) mass is 538 g/mol. The molecule has 178 valence electrons. The van der Waals surface area contributed by atoms with Gasteiger partial charge in [0.15, 0.2) is 9.84 Å². The van der Waals surface area contributed by atoms with Crippen molar-refractivity contribution in [3.63, 3.8) is 0 Å². The molecule has 7 nitrogen and oxygen atoms in total. The van der Waals surface area contributed by atoms with Crippen LogP contribution in [0.1, 0.15) is 22.3 Å². The SMILES string of the molecule is CS(=O)(=O)c1ccc(S(=O)(=O)N2CCCc3ccc(NC(=O)c4c(Cl)cccc4Cl)cc32)cc1. The van der Waals surface area contributed by atoms with E-state index in [-0.39, 0.29) is 31.9 Å². The summed E-state index contributed by atoms with van der Waals surface area (Å²) in [5.74, 6) is -0.517. The topological polar surface area (TPSA) is 101 Å². The number of nitrogens with one attached hydrogen (secondary N) is 1. The molecule has 0 aromatic heterocycles. The zero-order chi connectivity index (χ0) is 24.7. The number of nitrogens with zero attached hydrogens (tertiary/aromatic N) is 1. The van der Waals surface area contributed by atoms with Crippen LogP contribution in [-0.2, 0) is 26.3 Å². The number of hydrogen-bond acceptors (Lipinski definition) is 5. The number of aryl methyl sites for hydroxylation is 1. The molecular formula is C23H20Cl2N2O5S2. The van der Waals surface area contributed by atoms with Crippen LogP contribution in [0.5, 0.6) is 0 Å². The van der Waals surface area contributed by atoms with E-state index in [1.807, 2.05) is 0 Å². The Hall–Kier alpha value is -2.59. The largest absolute Gasteiger partial charge is 0.322 e. The molecule has 4 rings (SSSR count). The van der Waals surface area contributed by atoms with Crippen molar-refractivity contribution in [3.8, 4) is 0 Å². The minimum atomic E-state index is -3.96. The van der Waals surface area contributed by atoms with E-state index in [0.29, 0.717) is 24.2 Å². The molecule has 3 aromatic rings. The van der Waals surface area contributed by atoms with Crippen LogP contribution < -0.4 is 9.62 Å². The van der Waals surface area contributed by atoms with E-state index in [4.69, 9.17) is 23.2 Å². The summed E-state index contributed by atoms with van der Waals surface area (Å²) < 4.78 is 51.5. The van der Waals surface area contributed by atoms with Gasteiger partial charge in [-0.1, -0.05) is 35.3 Å². The number of hydrogen-bond donors (Lipinski definition) is 1. The highest BCUT2D eigenvalue weighted by Gasteiger charge is 2.30. The fraction of sp³-hybridized carbons (Fsp3) is 0.174. The number of amides is 1. The summed E-state index contributed by atoms with van der Waals surface area (Å²) in [5, 5.41) is 3.13. The minimum absolute atomic E-state index is 0.0231. The smallest absolute Gasteiger partial charge is 0.264 e. The van der Waals surface area contributed by atoms with E-state index in [0.717, 1.165) is 11.8 Å². The van der Waals surface area contributed by atoms with Gasteiger partial charge in [-0.15, -0.1) is 0 Å². The third-order valence-electron chi connectivity index (χ3n) is 5.45. The molecule has 3 aromatic carbocycles. The predicted molar refractivity (Wildman–Crippen MR) is 133 cm³/mol. The highest BCUT2D eigenvalue weighted by Crippen LogP contribution is 2.35. The highest BCUT2D eigenvalue weighted by molar-refractivity contribution is 7.93. The molecule has 0 radical (unpaired) electrons. The van der Waals surface area contributed by atoms with Crippen molar-refractivity contribution in [2.24, 2.45) is 0 Å². The molecule has 11 heteroatoms. The first kappa shape index (κ1) is 24.5. The van der Waals surface area contributed by atoms with Crippen LogP contribution in [-0.4, -0.2) is 35.5 Å². The number of sulfone groups is 1. The Kier molecular flexibility index (Phi) is 6.65. The van der Waals surface area contributed by atoms with Crippen molar-refractivity contribution in [1.29, 1.82) is 0 Å². The average molecular weight is 539 g/mol. The molecule has 0 unspecified atom stereocenters. The molecule has 34 heavy (non-hydrogen) atoms. The van der Waals surface area contributed by atoms with Crippen molar-refractivity contribution < 1.29 is 21.6 Å². The first-order valence-electron chi connectivity index (χ1n) is 10.2. The zero-order valence-electron chi connectivity index (χ0n) is 18.0. The number of rotatable bonds is 5. The molecule has 0 bridgehead atoms. The molecule has 1 heterocycles. The molecular weight excluding hydrogens is 519 g/mol. The molecule has 1 aliphatic rings. The van der Waals surface area contributed by atoms with Crippen LogP contribution in [0, 0.1) is 0 Å². The lowest BCUT2D eigenvalue weighted by atomic mass is 10.0. The Morgan fingerprint density at radius 1 is 0.912 bits per heavy atom. The lowest BCUT2D eigenvalue weighted by Gasteiger charge is -2.31. The first-order chi connectivity index (χ1) is 16.0. The Morgan fingerprint density at radius 2 is 1.53 bits per heavy atom. The Bertz CT molecular complexity index is 1470.